The number of nitrogens with zero attached hydrogens (tertiary/aromatic N) is 2. The van der Waals surface area contributed by atoms with Gasteiger partial charge in [0, 0.05) is 12.4 Å². The largest absolute Gasteiger partial charge is 0.408 e. The van der Waals surface area contributed by atoms with Crippen LogP contribution in [0.3, 0.4) is 0 Å². The van der Waals surface area contributed by atoms with Crippen molar-refractivity contribution < 1.29 is 18.0 Å². The Morgan fingerprint density at radius 3 is 2.79 bits per heavy atom. The van der Waals surface area contributed by atoms with Gasteiger partial charge in [-0.1, -0.05) is 18.9 Å². The molecule has 0 spiro atoms. The molecule has 1 aliphatic carbocycles. The normalized spacial score (nSPS) is 17.3. The molecule has 0 bridgehead atoms. The lowest BCUT2D eigenvalue weighted by molar-refractivity contribution is -0.171. The maximum absolute atomic E-state index is 13.3. The van der Waals surface area contributed by atoms with Crippen LogP contribution in [0.2, 0.25) is 0 Å². The van der Waals surface area contributed by atoms with E-state index in [0.29, 0.717) is 24.2 Å². The van der Waals surface area contributed by atoms with Crippen molar-refractivity contribution in [2.45, 2.75) is 51.2 Å². The molecule has 2 aromatic rings. The third-order valence-electron chi connectivity index (χ3n) is 4.69. The Hall–Kier alpha value is -2.05. The van der Waals surface area contributed by atoms with Gasteiger partial charge in [-0.3, -0.25) is 4.79 Å². The van der Waals surface area contributed by atoms with Crippen LogP contribution in [0, 0.1) is 12.8 Å². The number of halogens is 3. The molecule has 1 saturated carbocycles. The van der Waals surface area contributed by atoms with E-state index in [2.05, 4.69) is 10.3 Å². The average Bonchev–Trinajstić information content (AvgIpc) is 3.15. The number of alkyl halides is 3. The number of imidazole rings is 1. The quantitative estimate of drug-likeness (QED) is 0.928. The van der Waals surface area contributed by atoms with Gasteiger partial charge in [-0.05, 0) is 37.3 Å². The molecule has 7 heteroatoms. The third kappa shape index (κ3) is 3.39. The number of pyridine rings is 1. The van der Waals surface area contributed by atoms with Crippen LogP contribution in [0.5, 0.6) is 0 Å². The Bertz CT molecular complexity index is 732. The van der Waals surface area contributed by atoms with E-state index in [1.807, 2.05) is 19.1 Å². The number of aromatic nitrogens is 2. The Morgan fingerprint density at radius 2 is 2.12 bits per heavy atom. The van der Waals surface area contributed by atoms with E-state index in [0.717, 1.165) is 18.4 Å². The highest BCUT2D eigenvalue weighted by Crippen LogP contribution is 2.35. The van der Waals surface area contributed by atoms with Crippen LogP contribution in [-0.4, -0.2) is 27.5 Å². The highest BCUT2D eigenvalue weighted by atomic mass is 19.4. The monoisotopic (exact) mass is 339 g/mol. The Kier molecular flexibility index (Phi) is 4.51. The molecule has 0 radical (unpaired) electrons. The first kappa shape index (κ1) is 16.8. The average molecular weight is 339 g/mol. The third-order valence-corrected chi connectivity index (χ3v) is 4.69. The van der Waals surface area contributed by atoms with Gasteiger partial charge < -0.3 is 9.72 Å². The molecule has 1 atom stereocenters. The second kappa shape index (κ2) is 6.45. The van der Waals surface area contributed by atoms with Crippen LogP contribution in [0.1, 0.15) is 36.9 Å². The van der Waals surface area contributed by atoms with Crippen molar-refractivity contribution in [1.82, 2.24) is 14.7 Å². The maximum Gasteiger partial charge on any atom is 0.408 e. The van der Waals surface area contributed by atoms with E-state index in [-0.39, 0.29) is 6.42 Å². The minimum Gasteiger partial charge on any atom is -0.344 e. The molecule has 1 unspecified atom stereocenters. The highest BCUT2D eigenvalue weighted by molar-refractivity contribution is 5.79. The molecule has 4 nitrogen and oxygen atoms in total. The number of hydrogen-bond acceptors (Lipinski definition) is 2. The van der Waals surface area contributed by atoms with Crippen molar-refractivity contribution in [1.29, 1.82) is 0 Å². The van der Waals surface area contributed by atoms with Crippen LogP contribution < -0.4 is 5.32 Å². The fourth-order valence-electron chi connectivity index (χ4n) is 3.48. The zero-order chi connectivity index (χ0) is 17.3. The Morgan fingerprint density at radius 1 is 1.42 bits per heavy atom. The molecule has 3 rings (SSSR count). The minimum absolute atomic E-state index is 0.121. The first-order valence-corrected chi connectivity index (χ1v) is 8.14. The summed E-state index contributed by atoms with van der Waals surface area (Å²) in [5, 5.41) is 2.21. The topological polar surface area (TPSA) is 46.4 Å². The van der Waals surface area contributed by atoms with Gasteiger partial charge >= 0.3 is 6.18 Å². The summed E-state index contributed by atoms with van der Waals surface area (Å²) in [4.78, 5) is 16.4. The molecule has 130 valence electrons. The summed E-state index contributed by atoms with van der Waals surface area (Å²) < 4.78 is 41.6. The number of aryl methyl sites for hydroxylation is 1. The lowest BCUT2D eigenvalue weighted by Crippen LogP contribution is -2.50. The van der Waals surface area contributed by atoms with Crippen LogP contribution in [0.4, 0.5) is 13.2 Å². The van der Waals surface area contributed by atoms with E-state index in [9.17, 15) is 18.0 Å². The zero-order valence-electron chi connectivity index (χ0n) is 13.4. The predicted molar refractivity (Wildman–Crippen MR) is 83.6 cm³/mol. The molecule has 24 heavy (non-hydrogen) atoms. The van der Waals surface area contributed by atoms with Crippen LogP contribution in [-0.2, 0) is 11.2 Å². The number of amides is 1. The second-order valence-electron chi connectivity index (χ2n) is 6.44. The standard InChI is InChI=1S/C17H20F3N3O/c1-11-5-4-8-23-13(10-21-16(11)23)9-14(24)22-15(17(18,19)20)12-6-2-3-7-12/h4-5,8,10,12,15H,2-3,6-7,9H2,1H3,(H,22,24). The first-order chi connectivity index (χ1) is 11.4. The Balaban J connectivity index is 1.74. The molecular weight excluding hydrogens is 319 g/mol. The lowest BCUT2D eigenvalue weighted by Gasteiger charge is -2.27. The number of carbonyl (C=O) groups excluding carboxylic acids is 1. The van der Waals surface area contributed by atoms with Crippen molar-refractivity contribution in [3.05, 3.63) is 35.8 Å². The summed E-state index contributed by atoms with van der Waals surface area (Å²) in [5.41, 5.74) is 2.24. The summed E-state index contributed by atoms with van der Waals surface area (Å²) >= 11 is 0. The van der Waals surface area contributed by atoms with E-state index in [4.69, 9.17) is 0 Å². The molecule has 1 N–H and O–H groups in total. The van der Waals surface area contributed by atoms with Crippen LogP contribution in [0.15, 0.2) is 24.5 Å². The van der Waals surface area contributed by atoms with Crippen LogP contribution in [0.25, 0.3) is 5.65 Å². The number of nitrogens with one attached hydrogen (secondary N) is 1. The molecule has 2 heterocycles. The van der Waals surface area contributed by atoms with Gasteiger partial charge in [-0.2, -0.15) is 13.2 Å². The Labute approximate surface area is 138 Å². The summed E-state index contributed by atoms with van der Waals surface area (Å²) in [5.74, 6) is -1.13. The van der Waals surface area contributed by atoms with E-state index < -0.39 is 24.0 Å². The molecule has 1 fully saturated rings. The number of fused-ring (bicyclic) bond motifs is 1. The smallest absolute Gasteiger partial charge is 0.344 e. The van der Waals surface area contributed by atoms with Gasteiger partial charge in [-0.15, -0.1) is 0 Å². The van der Waals surface area contributed by atoms with Crippen molar-refractivity contribution in [2.75, 3.05) is 0 Å². The van der Waals surface area contributed by atoms with Crippen molar-refractivity contribution >= 4 is 11.6 Å². The molecule has 2 aromatic heterocycles. The van der Waals surface area contributed by atoms with E-state index in [1.54, 1.807) is 16.8 Å². The fraction of sp³-hybridized carbons (Fsp3) is 0.529. The van der Waals surface area contributed by atoms with Gasteiger partial charge in [0.1, 0.15) is 11.7 Å². The molecule has 0 saturated heterocycles. The summed E-state index contributed by atoms with van der Waals surface area (Å²) in [6.07, 6.45) is 1.37. The number of rotatable bonds is 4. The minimum atomic E-state index is -4.42. The summed E-state index contributed by atoms with van der Waals surface area (Å²) in [6.45, 7) is 1.89. The van der Waals surface area contributed by atoms with Gasteiger partial charge in [0.05, 0.1) is 12.1 Å². The highest BCUT2D eigenvalue weighted by Gasteiger charge is 2.46. The van der Waals surface area contributed by atoms with Gasteiger partial charge in [0.2, 0.25) is 5.91 Å². The number of carbonyl (C=O) groups is 1. The predicted octanol–water partition coefficient (Wildman–Crippen LogP) is 3.42. The molecule has 1 aliphatic rings. The molecule has 0 aromatic carbocycles. The van der Waals surface area contributed by atoms with Gasteiger partial charge in [-0.25, -0.2) is 4.98 Å². The van der Waals surface area contributed by atoms with Crippen molar-refractivity contribution in [3.63, 3.8) is 0 Å². The van der Waals surface area contributed by atoms with Crippen LogP contribution >= 0.6 is 0 Å². The molecule has 0 aliphatic heterocycles. The summed E-state index contributed by atoms with van der Waals surface area (Å²) in [6, 6.07) is 1.96. The fourth-order valence-corrected chi connectivity index (χ4v) is 3.48. The number of hydrogen-bond donors (Lipinski definition) is 1. The van der Waals surface area contributed by atoms with Gasteiger partial charge in [0.15, 0.2) is 0 Å². The molecule has 1 amide bonds. The first-order valence-electron chi connectivity index (χ1n) is 8.14. The van der Waals surface area contributed by atoms with Crippen molar-refractivity contribution in [2.24, 2.45) is 5.92 Å². The zero-order valence-corrected chi connectivity index (χ0v) is 13.4. The van der Waals surface area contributed by atoms with Crippen molar-refractivity contribution in [3.8, 4) is 0 Å². The lowest BCUT2D eigenvalue weighted by atomic mass is 9.97. The molecular formula is C17H20F3N3O. The van der Waals surface area contributed by atoms with E-state index >= 15 is 0 Å². The van der Waals surface area contributed by atoms with Gasteiger partial charge in [0.25, 0.3) is 0 Å². The SMILES string of the molecule is Cc1cccn2c(CC(=O)NC(C3CCCC3)C(F)(F)F)cnc12. The van der Waals surface area contributed by atoms with E-state index in [1.165, 1.54) is 0 Å². The maximum atomic E-state index is 13.3. The summed E-state index contributed by atoms with van der Waals surface area (Å²) in [7, 11) is 0. The second-order valence-corrected chi connectivity index (χ2v) is 6.44.